The fourth-order valence-corrected chi connectivity index (χ4v) is 3.27. The molecule has 3 rings (SSSR count). The lowest BCUT2D eigenvalue weighted by Gasteiger charge is -2.26. The molecule has 2 aliphatic heterocycles. The lowest BCUT2D eigenvalue weighted by atomic mass is 10.0. The molecule has 0 aliphatic carbocycles. The van der Waals surface area contributed by atoms with E-state index in [4.69, 9.17) is 10.00 Å². The number of aliphatic hydroxyl groups is 1. The minimum Gasteiger partial charge on any atom is -0.491 e. The number of amides is 3. The average molecular weight is 343 g/mol. The number of rotatable bonds is 6. The molecule has 2 saturated heterocycles. The maximum absolute atomic E-state index is 12.3. The van der Waals surface area contributed by atoms with E-state index in [-0.39, 0.29) is 31.1 Å². The standard InChI is InChI=1S/C18H21N3O4/c19-9-8-13-4-6-15(7-5-13)25-12-14(22)11-21-17(23)16-3-1-2-10-20(16)18(21)24/h4-7,14,16,22H,1-3,8,10-12H2/t14-,16-/m1/s1. The summed E-state index contributed by atoms with van der Waals surface area (Å²) in [6, 6.07) is 8.43. The van der Waals surface area contributed by atoms with Crippen LogP contribution in [-0.4, -0.2) is 58.7 Å². The Morgan fingerprint density at radius 3 is 2.72 bits per heavy atom. The van der Waals surface area contributed by atoms with Gasteiger partial charge in [-0.3, -0.25) is 9.69 Å². The number of urea groups is 1. The van der Waals surface area contributed by atoms with Crippen LogP contribution in [0.15, 0.2) is 24.3 Å². The minimum atomic E-state index is -0.951. The van der Waals surface area contributed by atoms with Gasteiger partial charge in [-0.15, -0.1) is 0 Å². The summed E-state index contributed by atoms with van der Waals surface area (Å²) in [7, 11) is 0. The maximum atomic E-state index is 12.3. The number of β-amino-alcohol motifs (C(OH)–C–C–N with tert-alkyl or cyclic N) is 1. The molecule has 0 aromatic heterocycles. The second-order valence-corrected chi connectivity index (χ2v) is 6.38. The van der Waals surface area contributed by atoms with Crippen LogP contribution in [-0.2, 0) is 11.2 Å². The number of piperidine rings is 1. The van der Waals surface area contributed by atoms with E-state index in [9.17, 15) is 14.7 Å². The van der Waals surface area contributed by atoms with E-state index < -0.39 is 6.10 Å². The second kappa shape index (κ2) is 7.53. The quantitative estimate of drug-likeness (QED) is 0.786. The van der Waals surface area contributed by atoms with Gasteiger partial charge in [0.2, 0.25) is 0 Å². The van der Waals surface area contributed by atoms with E-state index in [1.165, 1.54) is 0 Å². The van der Waals surface area contributed by atoms with Gasteiger partial charge in [-0.2, -0.15) is 5.26 Å². The second-order valence-electron chi connectivity index (χ2n) is 6.38. The molecule has 1 aromatic carbocycles. The van der Waals surface area contributed by atoms with Gasteiger partial charge in [0.05, 0.1) is 19.0 Å². The van der Waals surface area contributed by atoms with Gasteiger partial charge in [0.1, 0.15) is 24.5 Å². The highest BCUT2D eigenvalue weighted by molar-refractivity contribution is 6.04. The number of imide groups is 1. The summed E-state index contributed by atoms with van der Waals surface area (Å²) in [5, 5.41) is 18.8. The van der Waals surface area contributed by atoms with Crippen molar-refractivity contribution in [1.82, 2.24) is 9.80 Å². The highest BCUT2D eigenvalue weighted by atomic mass is 16.5. The smallest absolute Gasteiger partial charge is 0.327 e. The van der Waals surface area contributed by atoms with E-state index in [0.717, 1.165) is 23.3 Å². The summed E-state index contributed by atoms with van der Waals surface area (Å²) < 4.78 is 5.50. The molecule has 3 amide bonds. The third kappa shape index (κ3) is 3.74. The van der Waals surface area contributed by atoms with E-state index in [2.05, 4.69) is 6.07 Å². The first-order valence-electron chi connectivity index (χ1n) is 8.49. The van der Waals surface area contributed by atoms with Crippen LogP contribution in [0.2, 0.25) is 0 Å². The van der Waals surface area contributed by atoms with Crippen molar-refractivity contribution in [2.45, 2.75) is 37.8 Å². The number of benzene rings is 1. The van der Waals surface area contributed by atoms with Crippen molar-refractivity contribution in [3.8, 4) is 11.8 Å². The van der Waals surface area contributed by atoms with Crippen LogP contribution in [0.5, 0.6) is 5.75 Å². The van der Waals surface area contributed by atoms with E-state index in [0.29, 0.717) is 25.1 Å². The summed E-state index contributed by atoms with van der Waals surface area (Å²) in [6.45, 7) is 0.532. The molecule has 2 heterocycles. The molecule has 0 unspecified atom stereocenters. The molecule has 1 N–H and O–H groups in total. The largest absolute Gasteiger partial charge is 0.491 e. The third-order valence-electron chi connectivity index (χ3n) is 4.57. The Labute approximate surface area is 146 Å². The number of carbonyl (C=O) groups is 2. The number of aliphatic hydroxyl groups excluding tert-OH is 1. The number of hydrogen-bond acceptors (Lipinski definition) is 5. The topological polar surface area (TPSA) is 93.9 Å². The molecule has 0 bridgehead atoms. The van der Waals surface area contributed by atoms with E-state index in [1.807, 2.05) is 0 Å². The molecular formula is C18H21N3O4. The van der Waals surface area contributed by atoms with Crippen molar-refractivity contribution < 1.29 is 19.4 Å². The molecule has 2 aliphatic rings. The Morgan fingerprint density at radius 1 is 1.28 bits per heavy atom. The molecule has 2 fully saturated rings. The fourth-order valence-electron chi connectivity index (χ4n) is 3.27. The summed E-state index contributed by atoms with van der Waals surface area (Å²) in [5.41, 5.74) is 0.889. The van der Waals surface area contributed by atoms with Crippen molar-refractivity contribution in [2.75, 3.05) is 19.7 Å². The molecule has 132 valence electrons. The Balaban J connectivity index is 1.52. The van der Waals surface area contributed by atoms with Gasteiger partial charge in [-0.05, 0) is 37.0 Å². The Kier molecular flexibility index (Phi) is 5.19. The predicted molar refractivity (Wildman–Crippen MR) is 88.7 cm³/mol. The van der Waals surface area contributed by atoms with Crippen molar-refractivity contribution in [1.29, 1.82) is 5.26 Å². The van der Waals surface area contributed by atoms with Crippen molar-refractivity contribution in [2.24, 2.45) is 0 Å². The van der Waals surface area contributed by atoms with Crippen LogP contribution in [0.3, 0.4) is 0 Å². The molecule has 7 heteroatoms. The van der Waals surface area contributed by atoms with Crippen molar-refractivity contribution >= 4 is 11.9 Å². The molecular weight excluding hydrogens is 322 g/mol. The van der Waals surface area contributed by atoms with E-state index in [1.54, 1.807) is 29.2 Å². The normalized spacial score (nSPS) is 21.0. The van der Waals surface area contributed by atoms with Gasteiger partial charge >= 0.3 is 6.03 Å². The average Bonchev–Trinajstić information content (AvgIpc) is 2.87. The first kappa shape index (κ1) is 17.2. The van der Waals surface area contributed by atoms with Gasteiger partial charge in [0, 0.05) is 6.54 Å². The molecule has 0 radical (unpaired) electrons. The number of fused-ring (bicyclic) bond motifs is 1. The van der Waals surface area contributed by atoms with Gasteiger partial charge < -0.3 is 14.7 Å². The Morgan fingerprint density at radius 2 is 2.04 bits per heavy atom. The van der Waals surface area contributed by atoms with Crippen LogP contribution in [0.4, 0.5) is 4.79 Å². The first-order chi connectivity index (χ1) is 12.1. The molecule has 0 spiro atoms. The summed E-state index contributed by atoms with van der Waals surface area (Å²) in [5.74, 6) is 0.349. The van der Waals surface area contributed by atoms with Crippen LogP contribution < -0.4 is 4.74 Å². The van der Waals surface area contributed by atoms with Crippen LogP contribution in [0.1, 0.15) is 24.8 Å². The van der Waals surface area contributed by atoms with Crippen LogP contribution >= 0.6 is 0 Å². The zero-order chi connectivity index (χ0) is 17.8. The number of nitriles is 1. The molecule has 2 atom stereocenters. The minimum absolute atomic E-state index is 0.0146. The van der Waals surface area contributed by atoms with Crippen molar-refractivity contribution in [3.05, 3.63) is 29.8 Å². The van der Waals surface area contributed by atoms with E-state index >= 15 is 0 Å². The lowest BCUT2D eigenvalue weighted by molar-refractivity contribution is -0.129. The highest BCUT2D eigenvalue weighted by Crippen LogP contribution is 2.26. The monoisotopic (exact) mass is 343 g/mol. The molecule has 25 heavy (non-hydrogen) atoms. The number of ether oxygens (including phenoxy) is 1. The van der Waals surface area contributed by atoms with Crippen LogP contribution in [0, 0.1) is 11.3 Å². The maximum Gasteiger partial charge on any atom is 0.327 e. The number of hydrogen-bond donors (Lipinski definition) is 1. The number of nitrogens with zero attached hydrogens (tertiary/aromatic N) is 3. The predicted octanol–water partition coefficient (Wildman–Crippen LogP) is 1.31. The zero-order valence-corrected chi connectivity index (χ0v) is 13.9. The Bertz CT molecular complexity index is 659. The van der Waals surface area contributed by atoms with Gasteiger partial charge in [-0.1, -0.05) is 12.1 Å². The highest BCUT2D eigenvalue weighted by Gasteiger charge is 2.46. The molecule has 0 saturated carbocycles. The van der Waals surface area contributed by atoms with Gasteiger partial charge in [-0.25, -0.2) is 4.79 Å². The zero-order valence-electron chi connectivity index (χ0n) is 13.9. The van der Waals surface area contributed by atoms with Gasteiger partial charge in [0.15, 0.2) is 0 Å². The summed E-state index contributed by atoms with van der Waals surface area (Å²) >= 11 is 0. The molecule has 1 aromatic rings. The van der Waals surface area contributed by atoms with Crippen molar-refractivity contribution in [3.63, 3.8) is 0 Å². The summed E-state index contributed by atoms with van der Waals surface area (Å²) in [6.07, 6.45) is 1.94. The van der Waals surface area contributed by atoms with Crippen LogP contribution in [0.25, 0.3) is 0 Å². The molecule has 7 nitrogen and oxygen atoms in total. The fraction of sp³-hybridized carbons (Fsp3) is 0.500. The first-order valence-corrected chi connectivity index (χ1v) is 8.49. The van der Waals surface area contributed by atoms with Gasteiger partial charge in [0.25, 0.3) is 5.91 Å². The SMILES string of the molecule is N#CCc1ccc(OC[C@H](O)CN2C(=O)[C@H]3CCCCN3C2=O)cc1. The lowest BCUT2D eigenvalue weighted by Crippen LogP contribution is -2.40. The third-order valence-corrected chi connectivity index (χ3v) is 4.57. The summed E-state index contributed by atoms with van der Waals surface area (Å²) in [4.78, 5) is 27.4. The number of carbonyl (C=O) groups excluding carboxylic acids is 2. The Hall–Kier alpha value is -2.59.